The molecule has 192 valence electrons. The number of fused-ring (bicyclic) bond motifs is 10. The zero-order chi connectivity index (χ0) is 29.6. The molecule has 3 nitrogen and oxygen atoms in total. The first-order chi connectivity index (χ1) is 21.5. The summed E-state index contributed by atoms with van der Waals surface area (Å²) in [5.74, 6) is 0.630. The van der Waals surface area contributed by atoms with E-state index in [2.05, 4.69) is 78.9 Å². The van der Waals surface area contributed by atoms with Crippen molar-refractivity contribution in [2.45, 2.75) is 6.85 Å². The number of imidazole rings is 1. The molecule has 0 aliphatic carbocycles. The maximum absolute atomic E-state index is 8.44. The fourth-order valence-corrected chi connectivity index (χ4v) is 6.52. The van der Waals surface area contributed by atoms with Gasteiger partial charge in [-0.25, -0.2) is 4.98 Å². The lowest BCUT2D eigenvalue weighted by molar-refractivity contribution is 0.669. The fraction of sp³-hybridized carbons (Fsp3) is 0.0263. The average Bonchev–Trinajstić information content (AvgIpc) is 3.63. The predicted octanol–water partition coefficient (Wildman–Crippen LogP) is 10.4. The van der Waals surface area contributed by atoms with Gasteiger partial charge in [-0.1, -0.05) is 97.1 Å². The van der Waals surface area contributed by atoms with E-state index in [0.29, 0.717) is 16.9 Å². The number of aromatic nitrogens is 2. The molecule has 0 saturated carbocycles. The highest BCUT2D eigenvalue weighted by atomic mass is 16.3. The molecule has 0 unspecified atom stereocenters. The Morgan fingerprint density at radius 2 is 1.22 bits per heavy atom. The third-order valence-corrected chi connectivity index (χ3v) is 8.31. The molecule has 0 aliphatic rings. The van der Waals surface area contributed by atoms with Crippen molar-refractivity contribution in [3.63, 3.8) is 0 Å². The Kier molecular flexibility index (Phi) is 3.97. The van der Waals surface area contributed by atoms with E-state index in [-0.39, 0.29) is 5.56 Å². The molecule has 9 rings (SSSR count). The molecule has 0 fully saturated rings. The second kappa shape index (κ2) is 8.30. The van der Waals surface area contributed by atoms with Crippen molar-refractivity contribution in [1.82, 2.24) is 9.55 Å². The minimum atomic E-state index is -2.33. The minimum Gasteiger partial charge on any atom is -0.455 e. The van der Waals surface area contributed by atoms with E-state index in [4.69, 9.17) is 13.5 Å². The van der Waals surface area contributed by atoms with Crippen LogP contribution in [0.2, 0.25) is 0 Å². The van der Waals surface area contributed by atoms with Crippen molar-refractivity contribution in [2.75, 3.05) is 0 Å². The number of benzene rings is 7. The van der Waals surface area contributed by atoms with Crippen LogP contribution in [0.5, 0.6) is 0 Å². The maximum Gasteiger partial charge on any atom is 0.149 e. The highest BCUT2D eigenvalue weighted by Gasteiger charge is 2.21. The Bertz CT molecular complexity index is 2570. The number of hydrogen-bond acceptors (Lipinski definition) is 2. The molecule has 2 heterocycles. The molecule has 0 radical (unpaired) electrons. The first-order valence-corrected chi connectivity index (χ1v) is 13.7. The van der Waals surface area contributed by atoms with Crippen molar-refractivity contribution in [3.05, 3.63) is 133 Å². The van der Waals surface area contributed by atoms with Crippen LogP contribution in [0, 0.1) is 6.85 Å². The number of para-hydroxylation sites is 3. The molecule has 7 aromatic carbocycles. The Morgan fingerprint density at radius 3 is 1.98 bits per heavy atom. The van der Waals surface area contributed by atoms with Gasteiger partial charge in [0.2, 0.25) is 0 Å². The lowest BCUT2D eigenvalue weighted by atomic mass is 9.94. The summed E-state index contributed by atoms with van der Waals surface area (Å²) in [6.07, 6.45) is 0. The molecule has 0 aliphatic heterocycles. The molecule has 0 spiro atoms. The number of hydrogen-bond donors (Lipinski definition) is 0. The number of aryl methyl sites for hydroxylation is 1. The summed E-state index contributed by atoms with van der Waals surface area (Å²) in [6, 6.07) is 42.7. The zero-order valence-corrected chi connectivity index (χ0v) is 21.9. The summed E-state index contributed by atoms with van der Waals surface area (Å²) >= 11 is 0. The molecular formula is C38H24N2O. The Labute approximate surface area is 240 Å². The van der Waals surface area contributed by atoms with Gasteiger partial charge >= 0.3 is 0 Å². The zero-order valence-electron chi connectivity index (χ0n) is 24.9. The van der Waals surface area contributed by atoms with Crippen molar-refractivity contribution in [3.8, 4) is 17.1 Å². The van der Waals surface area contributed by atoms with Gasteiger partial charge in [-0.15, -0.1) is 0 Å². The van der Waals surface area contributed by atoms with Crippen LogP contribution < -0.4 is 0 Å². The average molecular weight is 528 g/mol. The van der Waals surface area contributed by atoms with Gasteiger partial charge in [-0.3, -0.25) is 4.57 Å². The highest BCUT2D eigenvalue weighted by molar-refractivity contribution is 6.25. The van der Waals surface area contributed by atoms with E-state index < -0.39 is 6.85 Å². The van der Waals surface area contributed by atoms with Crippen molar-refractivity contribution < 1.29 is 8.53 Å². The van der Waals surface area contributed by atoms with Crippen LogP contribution in [0.15, 0.2) is 132 Å². The Balaban J connectivity index is 1.43. The van der Waals surface area contributed by atoms with Crippen LogP contribution in [0.3, 0.4) is 0 Å². The summed E-state index contributed by atoms with van der Waals surface area (Å²) in [5.41, 5.74) is 4.59. The van der Waals surface area contributed by atoms with Gasteiger partial charge in [0.05, 0.1) is 16.6 Å². The van der Waals surface area contributed by atoms with E-state index in [1.165, 1.54) is 16.2 Å². The Hall–Kier alpha value is -5.41. The predicted molar refractivity (Wildman–Crippen MR) is 171 cm³/mol. The Morgan fingerprint density at radius 1 is 0.585 bits per heavy atom. The standard InChI is InChI=1S/C38H24N2O/c1-23-10-8-18-34-36(23)40(38(39-34)32-17-9-16-31-30-15-6-7-19-35(30)41-37(31)32)24-20-21-29-27-13-3-2-11-25(27)26-12-4-5-14-28(26)33(29)22-24/h2-22H,1H3/i1D3. The topological polar surface area (TPSA) is 31.0 Å². The third kappa shape index (κ3) is 3.12. The van der Waals surface area contributed by atoms with Crippen LogP contribution in [-0.4, -0.2) is 9.55 Å². The number of furan rings is 1. The first kappa shape index (κ1) is 19.6. The second-order valence-electron chi connectivity index (χ2n) is 10.5. The maximum atomic E-state index is 8.44. The molecule has 3 heteroatoms. The van der Waals surface area contributed by atoms with Crippen LogP contribution in [-0.2, 0) is 0 Å². The normalized spacial score (nSPS) is 13.4. The largest absolute Gasteiger partial charge is 0.455 e. The van der Waals surface area contributed by atoms with E-state index >= 15 is 0 Å². The highest BCUT2D eigenvalue weighted by Crippen LogP contribution is 2.40. The number of rotatable bonds is 2. The van der Waals surface area contributed by atoms with Gasteiger partial charge in [0.15, 0.2) is 0 Å². The van der Waals surface area contributed by atoms with E-state index in [1.54, 1.807) is 12.1 Å². The van der Waals surface area contributed by atoms with Gasteiger partial charge in [0.25, 0.3) is 0 Å². The van der Waals surface area contributed by atoms with Crippen LogP contribution >= 0.6 is 0 Å². The van der Waals surface area contributed by atoms with Crippen molar-refractivity contribution in [2.24, 2.45) is 0 Å². The SMILES string of the molecule is [2H]C([2H])([2H])c1cccc2nc(-c3cccc4c3oc3ccccc34)n(-c3ccc4c5ccccc5c5ccccc5c4c3)c12. The quantitative estimate of drug-likeness (QED) is 0.209. The van der Waals surface area contributed by atoms with E-state index in [9.17, 15) is 0 Å². The first-order valence-electron chi connectivity index (χ1n) is 15.2. The lowest BCUT2D eigenvalue weighted by Crippen LogP contribution is -1.99. The molecule has 0 N–H and O–H groups in total. The van der Waals surface area contributed by atoms with Crippen LogP contribution in [0.25, 0.3) is 82.4 Å². The molecule has 0 saturated heterocycles. The summed E-state index contributed by atoms with van der Waals surface area (Å²) in [4.78, 5) is 5.10. The summed E-state index contributed by atoms with van der Waals surface area (Å²) in [6.45, 7) is -2.33. The second-order valence-corrected chi connectivity index (χ2v) is 10.5. The lowest BCUT2D eigenvalue weighted by Gasteiger charge is -2.15. The summed E-state index contributed by atoms with van der Waals surface area (Å²) in [7, 11) is 0. The van der Waals surface area contributed by atoms with Gasteiger partial charge in [-0.05, 0) is 75.1 Å². The van der Waals surface area contributed by atoms with E-state index in [0.717, 1.165) is 49.3 Å². The van der Waals surface area contributed by atoms with E-state index in [1.807, 2.05) is 41.0 Å². The monoisotopic (exact) mass is 527 g/mol. The van der Waals surface area contributed by atoms with Crippen LogP contribution in [0.1, 0.15) is 9.68 Å². The fourth-order valence-electron chi connectivity index (χ4n) is 6.52. The van der Waals surface area contributed by atoms with Gasteiger partial charge < -0.3 is 4.42 Å². The third-order valence-electron chi connectivity index (χ3n) is 8.31. The summed E-state index contributed by atoms with van der Waals surface area (Å²) in [5, 5.41) is 8.96. The molecular weight excluding hydrogens is 500 g/mol. The molecule has 9 aromatic rings. The molecule has 0 bridgehead atoms. The minimum absolute atomic E-state index is 0.258. The molecule has 41 heavy (non-hydrogen) atoms. The van der Waals surface area contributed by atoms with Gasteiger partial charge in [0, 0.05) is 20.6 Å². The summed E-state index contributed by atoms with van der Waals surface area (Å²) < 4.78 is 33.7. The van der Waals surface area contributed by atoms with Crippen molar-refractivity contribution >= 4 is 65.3 Å². The van der Waals surface area contributed by atoms with Gasteiger partial charge in [-0.2, -0.15) is 0 Å². The molecule has 0 atom stereocenters. The molecule has 2 aromatic heterocycles. The number of nitrogens with zero attached hydrogens (tertiary/aromatic N) is 2. The van der Waals surface area contributed by atoms with Gasteiger partial charge in [0.1, 0.15) is 17.0 Å². The van der Waals surface area contributed by atoms with Crippen molar-refractivity contribution in [1.29, 1.82) is 0 Å². The molecule has 0 amide bonds. The smallest absolute Gasteiger partial charge is 0.149 e. The van der Waals surface area contributed by atoms with Crippen LogP contribution in [0.4, 0.5) is 0 Å².